The molecular formula is C47H74NO10P. The maximum atomic E-state index is 12.6. The minimum absolute atomic E-state index is 0.00923. The van der Waals surface area contributed by atoms with E-state index in [0.29, 0.717) is 12.8 Å². The number of allylic oxidation sites excluding steroid dienone is 19. The molecule has 0 heterocycles. The van der Waals surface area contributed by atoms with Gasteiger partial charge in [0, 0.05) is 19.4 Å². The van der Waals surface area contributed by atoms with Gasteiger partial charge in [-0.25, -0.2) is 4.57 Å². The van der Waals surface area contributed by atoms with E-state index in [0.717, 1.165) is 57.8 Å². The SMILES string of the molecule is CC/C=C\C/C=C\C/C=C\C/C=C\C/C=C\C/C=C\CCC(=O)OC[C@H](COP(=O)(O)OCCN)OC(=O)CCC[C@@H](O)[C@H](O)C/C=C\C/C=C\C/C=C\C/C=C\CC. The normalized spacial score (nSPS) is 15.6. The molecule has 0 aromatic carbocycles. The highest BCUT2D eigenvalue weighted by atomic mass is 31.2. The highest BCUT2D eigenvalue weighted by Gasteiger charge is 2.26. The summed E-state index contributed by atoms with van der Waals surface area (Å²) in [7, 11) is -4.49. The first-order valence-corrected chi connectivity index (χ1v) is 22.7. The molecule has 0 rings (SSSR count). The molecule has 0 radical (unpaired) electrons. The molecule has 5 N–H and O–H groups in total. The van der Waals surface area contributed by atoms with Crippen molar-refractivity contribution in [1.82, 2.24) is 0 Å². The van der Waals surface area contributed by atoms with Crippen LogP contribution in [-0.2, 0) is 32.7 Å². The van der Waals surface area contributed by atoms with Crippen molar-refractivity contribution >= 4 is 19.8 Å². The number of phosphoric ester groups is 1. The van der Waals surface area contributed by atoms with E-state index < -0.39 is 51.3 Å². The van der Waals surface area contributed by atoms with Gasteiger partial charge in [-0.1, -0.05) is 135 Å². The number of carbonyl (C=O) groups is 2. The molecule has 11 nitrogen and oxygen atoms in total. The van der Waals surface area contributed by atoms with E-state index in [-0.39, 0.29) is 45.3 Å². The fraction of sp³-hybridized carbons (Fsp3) is 0.532. The van der Waals surface area contributed by atoms with E-state index in [1.54, 1.807) is 0 Å². The van der Waals surface area contributed by atoms with Gasteiger partial charge in [-0.3, -0.25) is 18.6 Å². The van der Waals surface area contributed by atoms with Crippen LogP contribution in [0.25, 0.3) is 0 Å². The molecule has 0 aromatic heterocycles. The lowest BCUT2D eigenvalue weighted by atomic mass is 10.0. The van der Waals surface area contributed by atoms with Crippen molar-refractivity contribution in [2.75, 3.05) is 26.4 Å². The lowest BCUT2D eigenvalue weighted by Gasteiger charge is -2.20. The van der Waals surface area contributed by atoms with E-state index in [9.17, 15) is 29.3 Å². The molecule has 59 heavy (non-hydrogen) atoms. The van der Waals surface area contributed by atoms with Gasteiger partial charge in [-0.05, 0) is 89.9 Å². The molecule has 0 aromatic rings. The number of aliphatic hydroxyl groups is 2. The Hall–Kier alpha value is -3.67. The smallest absolute Gasteiger partial charge is 0.462 e. The second-order valence-electron chi connectivity index (χ2n) is 13.4. The topological polar surface area (TPSA) is 175 Å². The third-order valence-electron chi connectivity index (χ3n) is 8.06. The molecule has 0 aliphatic rings. The zero-order chi connectivity index (χ0) is 43.5. The Kier molecular flexibility index (Phi) is 38.5. The molecule has 0 bridgehead atoms. The Morgan fingerprint density at radius 1 is 0.576 bits per heavy atom. The predicted octanol–water partition coefficient (Wildman–Crippen LogP) is 10.1. The fourth-order valence-electron chi connectivity index (χ4n) is 4.86. The Bertz CT molecular complexity index is 1410. The third kappa shape index (κ3) is 39.6. The largest absolute Gasteiger partial charge is 0.472 e. The van der Waals surface area contributed by atoms with E-state index in [4.69, 9.17) is 24.3 Å². The van der Waals surface area contributed by atoms with Crippen LogP contribution in [0.2, 0.25) is 0 Å². The quantitative estimate of drug-likeness (QED) is 0.0266. The molecule has 0 amide bonds. The van der Waals surface area contributed by atoms with Crippen molar-refractivity contribution in [1.29, 1.82) is 0 Å². The third-order valence-corrected chi connectivity index (χ3v) is 9.04. The second kappa shape index (κ2) is 41.1. The maximum absolute atomic E-state index is 12.6. The summed E-state index contributed by atoms with van der Waals surface area (Å²) in [6.07, 6.45) is 48.5. The lowest BCUT2D eigenvalue weighted by Crippen LogP contribution is -2.30. The van der Waals surface area contributed by atoms with Gasteiger partial charge in [0.2, 0.25) is 0 Å². The van der Waals surface area contributed by atoms with Crippen molar-refractivity contribution in [3.8, 4) is 0 Å². The molecule has 0 spiro atoms. The van der Waals surface area contributed by atoms with Gasteiger partial charge >= 0.3 is 19.8 Å². The number of rotatable bonds is 37. The molecular weight excluding hydrogens is 769 g/mol. The maximum Gasteiger partial charge on any atom is 0.472 e. The standard InChI is InChI=1S/C47H74NO10P/c1-3-5-7-9-11-13-15-17-18-19-20-21-22-23-25-27-29-31-33-37-46(51)55-41-43(42-57-59(53,54)56-40-39-48)58-47(52)38-34-36-45(50)44(49)35-32-30-28-26-24-16-14-12-10-8-6-4-2/h5-8,11-14,17-18,20-21,23-26,29-32,43-45,49-50H,3-4,9-10,15-16,19,22,27-28,33-42,48H2,1-2H3,(H,53,54)/b7-5-,8-6-,13-11-,14-12-,18-17-,21-20-,25-23-,26-24-,31-29-,32-30-/t43-,44-,45-/m1/s1. The van der Waals surface area contributed by atoms with Crippen LogP contribution in [0.1, 0.15) is 117 Å². The molecule has 332 valence electrons. The average molecular weight is 844 g/mol. The number of aliphatic hydroxyl groups excluding tert-OH is 2. The van der Waals surface area contributed by atoms with Gasteiger partial charge < -0.3 is 30.3 Å². The number of hydrogen-bond acceptors (Lipinski definition) is 10. The van der Waals surface area contributed by atoms with Crippen LogP contribution in [0.4, 0.5) is 0 Å². The van der Waals surface area contributed by atoms with Gasteiger partial charge in [0.05, 0.1) is 25.4 Å². The van der Waals surface area contributed by atoms with Crippen LogP contribution >= 0.6 is 7.82 Å². The summed E-state index contributed by atoms with van der Waals surface area (Å²) in [6.45, 7) is 3.03. The van der Waals surface area contributed by atoms with Crippen LogP contribution in [0.15, 0.2) is 122 Å². The molecule has 0 saturated carbocycles. The van der Waals surface area contributed by atoms with Crippen LogP contribution < -0.4 is 5.73 Å². The number of esters is 2. The van der Waals surface area contributed by atoms with Crippen LogP contribution in [0, 0.1) is 0 Å². The first-order chi connectivity index (χ1) is 28.6. The Balaban J connectivity index is 4.56. The summed E-state index contributed by atoms with van der Waals surface area (Å²) in [5.41, 5.74) is 5.32. The monoisotopic (exact) mass is 844 g/mol. The minimum atomic E-state index is -4.49. The van der Waals surface area contributed by atoms with Gasteiger partial charge in [0.15, 0.2) is 6.10 Å². The van der Waals surface area contributed by atoms with E-state index in [2.05, 4.69) is 105 Å². The summed E-state index contributed by atoms with van der Waals surface area (Å²) >= 11 is 0. The Morgan fingerprint density at radius 2 is 1.02 bits per heavy atom. The molecule has 4 atom stereocenters. The first kappa shape index (κ1) is 55.3. The van der Waals surface area contributed by atoms with Crippen molar-refractivity contribution < 1.29 is 47.8 Å². The van der Waals surface area contributed by atoms with E-state index >= 15 is 0 Å². The number of phosphoric acid groups is 1. The summed E-state index contributed by atoms with van der Waals surface area (Å²) in [5, 5.41) is 20.7. The second-order valence-corrected chi connectivity index (χ2v) is 14.9. The van der Waals surface area contributed by atoms with Gasteiger partial charge in [-0.15, -0.1) is 0 Å². The van der Waals surface area contributed by atoms with Gasteiger partial charge in [0.25, 0.3) is 0 Å². The zero-order valence-corrected chi connectivity index (χ0v) is 36.5. The molecule has 0 aliphatic carbocycles. The number of ether oxygens (including phenoxy) is 2. The van der Waals surface area contributed by atoms with Crippen LogP contribution in [0.5, 0.6) is 0 Å². The van der Waals surface area contributed by atoms with Gasteiger partial charge in [-0.2, -0.15) is 0 Å². The number of hydrogen-bond donors (Lipinski definition) is 4. The van der Waals surface area contributed by atoms with E-state index in [1.165, 1.54) is 0 Å². The minimum Gasteiger partial charge on any atom is -0.462 e. The highest BCUT2D eigenvalue weighted by Crippen LogP contribution is 2.43. The summed E-state index contributed by atoms with van der Waals surface area (Å²) in [5.74, 6) is -1.23. The van der Waals surface area contributed by atoms with Crippen LogP contribution in [-0.4, -0.2) is 71.7 Å². The zero-order valence-electron chi connectivity index (χ0n) is 35.6. The van der Waals surface area contributed by atoms with Gasteiger partial charge in [0.1, 0.15) is 6.61 Å². The highest BCUT2D eigenvalue weighted by molar-refractivity contribution is 7.47. The lowest BCUT2D eigenvalue weighted by molar-refractivity contribution is -0.161. The number of carbonyl (C=O) groups excluding carboxylic acids is 2. The summed E-state index contributed by atoms with van der Waals surface area (Å²) < 4.78 is 32.5. The Morgan fingerprint density at radius 3 is 1.47 bits per heavy atom. The number of nitrogens with two attached hydrogens (primary N) is 1. The fourth-order valence-corrected chi connectivity index (χ4v) is 5.63. The molecule has 1 unspecified atom stereocenters. The Labute approximate surface area is 355 Å². The van der Waals surface area contributed by atoms with Crippen molar-refractivity contribution in [3.05, 3.63) is 122 Å². The molecule has 0 saturated heterocycles. The summed E-state index contributed by atoms with van der Waals surface area (Å²) in [4.78, 5) is 34.9. The van der Waals surface area contributed by atoms with Crippen molar-refractivity contribution in [3.63, 3.8) is 0 Å². The van der Waals surface area contributed by atoms with Crippen molar-refractivity contribution in [2.24, 2.45) is 5.73 Å². The predicted molar refractivity (Wildman–Crippen MR) is 240 cm³/mol. The first-order valence-electron chi connectivity index (χ1n) is 21.2. The molecule has 0 fully saturated rings. The van der Waals surface area contributed by atoms with Crippen molar-refractivity contribution in [2.45, 2.75) is 135 Å². The van der Waals surface area contributed by atoms with E-state index in [1.807, 2.05) is 30.4 Å². The summed E-state index contributed by atoms with van der Waals surface area (Å²) in [6, 6.07) is 0. The molecule has 0 aliphatic heterocycles. The average Bonchev–Trinajstić information content (AvgIpc) is 3.22. The molecule has 12 heteroatoms. The van der Waals surface area contributed by atoms with Crippen LogP contribution in [0.3, 0.4) is 0 Å².